The number of nitrogens with one attached hydrogen (secondary N) is 2. The van der Waals surface area contributed by atoms with E-state index in [2.05, 4.69) is 20.6 Å². The smallest absolute Gasteiger partial charge is 0.251 e. The molecule has 6 heteroatoms. The van der Waals surface area contributed by atoms with Crippen LogP contribution in [0.3, 0.4) is 0 Å². The molecule has 5 nitrogen and oxygen atoms in total. The molecule has 1 heterocycles. The van der Waals surface area contributed by atoms with Gasteiger partial charge in [-0.15, -0.1) is 0 Å². The van der Waals surface area contributed by atoms with E-state index in [1.165, 1.54) is 0 Å². The monoisotopic (exact) mass is 380 g/mol. The van der Waals surface area contributed by atoms with Gasteiger partial charge in [-0.3, -0.25) is 4.79 Å². The van der Waals surface area contributed by atoms with Gasteiger partial charge in [-0.1, -0.05) is 29.8 Å². The topological polar surface area (TPSA) is 66.9 Å². The molecule has 2 N–H and O–H groups in total. The third-order valence-electron chi connectivity index (χ3n) is 4.08. The third kappa shape index (κ3) is 5.05. The van der Waals surface area contributed by atoms with Crippen LogP contribution in [0.15, 0.2) is 54.6 Å². The Bertz CT molecular complexity index is 936. The SMILES string of the molecule is Cc1cc(C)nc(Nc2cccc(C(=O)N[C@H](C)c3ccc(Cl)cc3)c2)n1. The van der Waals surface area contributed by atoms with Gasteiger partial charge in [0, 0.05) is 27.7 Å². The Kier molecular flexibility index (Phi) is 5.72. The van der Waals surface area contributed by atoms with Crippen molar-refractivity contribution in [3.8, 4) is 0 Å². The van der Waals surface area contributed by atoms with Gasteiger partial charge in [0.2, 0.25) is 5.95 Å². The number of carbonyl (C=O) groups is 1. The van der Waals surface area contributed by atoms with Crippen LogP contribution in [-0.4, -0.2) is 15.9 Å². The lowest BCUT2D eigenvalue weighted by atomic mass is 10.1. The zero-order valence-corrected chi connectivity index (χ0v) is 16.2. The Morgan fingerprint density at radius 2 is 1.67 bits per heavy atom. The summed E-state index contributed by atoms with van der Waals surface area (Å²) in [7, 11) is 0. The summed E-state index contributed by atoms with van der Waals surface area (Å²) >= 11 is 5.92. The fraction of sp³-hybridized carbons (Fsp3) is 0.190. The predicted octanol–water partition coefficient (Wildman–Crippen LogP) is 4.98. The molecule has 3 rings (SSSR count). The number of amides is 1. The maximum Gasteiger partial charge on any atom is 0.251 e. The first-order valence-corrected chi connectivity index (χ1v) is 9.04. The molecule has 0 fully saturated rings. The fourth-order valence-corrected chi connectivity index (χ4v) is 2.89. The number of halogens is 1. The van der Waals surface area contributed by atoms with Gasteiger partial charge >= 0.3 is 0 Å². The van der Waals surface area contributed by atoms with Crippen molar-refractivity contribution in [1.29, 1.82) is 0 Å². The van der Waals surface area contributed by atoms with Crippen molar-refractivity contribution in [2.45, 2.75) is 26.8 Å². The molecule has 2 aromatic carbocycles. The molecule has 1 amide bonds. The number of hydrogen-bond acceptors (Lipinski definition) is 4. The van der Waals surface area contributed by atoms with E-state index < -0.39 is 0 Å². The van der Waals surface area contributed by atoms with Gasteiger partial charge in [0.25, 0.3) is 5.91 Å². The number of benzene rings is 2. The van der Waals surface area contributed by atoms with E-state index in [1.54, 1.807) is 12.1 Å². The quantitative estimate of drug-likeness (QED) is 0.655. The summed E-state index contributed by atoms with van der Waals surface area (Å²) < 4.78 is 0. The largest absolute Gasteiger partial charge is 0.346 e. The first kappa shape index (κ1) is 18.9. The summed E-state index contributed by atoms with van der Waals surface area (Å²) in [6, 6.07) is 16.5. The second-order valence-electron chi connectivity index (χ2n) is 6.43. The predicted molar refractivity (Wildman–Crippen MR) is 109 cm³/mol. The van der Waals surface area contributed by atoms with Crippen molar-refractivity contribution in [3.05, 3.63) is 82.1 Å². The summed E-state index contributed by atoms with van der Waals surface area (Å²) in [6.45, 7) is 5.77. The number of aryl methyl sites for hydroxylation is 2. The maximum absolute atomic E-state index is 12.6. The lowest BCUT2D eigenvalue weighted by Crippen LogP contribution is -2.26. The van der Waals surface area contributed by atoms with E-state index in [0.29, 0.717) is 16.5 Å². The third-order valence-corrected chi connectivity index (χ3v) is 4.33. The standard InChI is InChI=1S/C21H21ClN4O/c1-13-11-14(2)24-21(23-13)26-19-6-4-5-17(12-19)20(27)25-15(3)16-7-9-18(22)10-8-16/h4-12,15H,1-3H3,(H,25,27)(H,23,24,26)/t15-/m1/s1. The molecule has 1 atom stereocenters. The highest BCUT2D eigenvalue weighted by Gasteiger charge is 2.12. The molecule has 0 spiro atoms. The lowest BCUT2D eigenvalue weighted by molar-refractivity contribution is 0.0940. The molecule has 0 aliphatic carbocycles. The van der Waals surface area contributed by atoms with Gasteiger partial charge in [-0.25, -0.2) is 9.97 Å². The van der Waals surface area contributed by atoms with Gasteiger partial charge in [-0.2, -0.15) is 0 Å². The van der Waals surface area contributed by atoms with Crippen molar-refractivity contribution >= 4 is 29.1 Å². The number of nitrogens with zero attached hydrogens (tertiary/aromatic N) is 2. The molecule has 0 unspecified atom stereocenters. The van der Waals surface area contributed by atoms with Crippen molar-refractivity contribution < 1.29 is 4.79 Å². The molecule has 0 radical (unpaired) electrons. The molecule has 0 saturated carbocycles. The number of anilines is 2. The van der Waals surface area contributed by atoms with Crippen LogP contribution in [0.5, 0.6) is 0 Å². The second kappa shape index (κ2) is 8.18. The Labute approximate surface area is 163 Å². The van der Waals surface area contributed by atoms with E-state index in [0.717, 1.165) is 22.6 Å². The maximum atomic E-state index is 12.6. The highest BCUT2D eigenvalue weighted by molar-refractivity contribution is 6.30. The normalized spacial score (nSPS) is 11.7. The molecule has 27 heavy (non-hydrogen) atoms. The minimum atomic E-state index is -0.151. The van der Waals surface area contributed by atoms with Crippen LogP contribution < -0.4 is 10.6 Å². The van der Waals surface area contributed by atoms with Crippen LogP contribution in [-0.2, 0) is 0 Å². The molecular weight excluding hydrogens is 360 g/mol. The van der Waals surface area contributed by atoms with Crippen LogP contribution in [0.2, 0.25) is 5.02 Å². The van der Waals surface area contributed by atoms with E-state index in [9.17, 15) is 4.79 Å². The Hall–Kier alpha value is -2.92. The number of carbonyl (C=O) groups excluding carboxylic acids is 1. The summed E-state index contributed by atoms with van der Waals surface area (Å²) in [5, 5.41) is 6.83. The fourth-order valence-electron chi connectivity index (χ4n) is 2.76. The first-order valence-electron chi connectivity index (χ1n) is 8.66. The van der Waals surface area contributed by atoms with Crippen LogP contribution in [0, 0.1) is 13.8 Å². The van der Waals surface area contributed by atoms with Crippen LogP contribution >= 0.6 is 11.6 Å². The molecule has 0 aliphatic heterocycles. The van der Waals surface area contributed by atoms with Crippen LogP contribution in [0.4, 0.5) is 11.6 Å². The summed E-state index contributed by atoms with van der Waals surface area (Å²) in [6.07, 6.45) is 0. The summed E-state index contributed by atoms with van der Waals surface area (Å²) in [5.41, 5.74) is 4.08. The molecule has 0 aliphatic rings. The average molecular weight is 381 g/mol. The highest BCUT2D eigenvalue weighted by Crippen LogP contribution is 2.19. The van der Waals surface area contributed by atoms with Gasteiger partial charge in [0.05, 0.1) is 6.04 Å². The van der Waals surface area contributed by atoms with E-state index in [-0.39, 0.29) is 11.9 Å². The summed E-state index contributed by atoms with van der Waals surface area (Å²) in [5.74, 6) is 0.363. The number of hydrogen-bond donors (Lipinski definition) is 2. The molecule has 0 saturated heterocycles. The average Bonchev–Trinajstić information content (AvgIpc) is 2.61. The van der Waals surface area contributed by atoms with Gasteiger partial charge in [0.15, 0.2) is 0 Å². The first-order chi connectivity index (χ1) is 12.9. The number of aromatic nitrogens is 2. The minimum absolute atomic E-state index is 0.130. The zero-order chi connectivity index (χ0) is 19.4. The van der Waals surface area contributed by atoms with Gasteiger partial charge in [-0.05, 0) is 62.7 Å². The van der Waals surface area contributed by atoms with Crippen molar-refractivity contribution in [1.82, 2.24) is 15.3 Å². The van der Waals surface area contributed by atoms with Crippen molar-refractivity contribution in [3.63, 3.8) is 0 Å². The van der Waals surface area contributed by atoms with Crippen LogP contribution in [0.1, 0.15) is 40.3 Å². The number of rotatable bonds is 5. The lowest BCUT2D eigenvalue weighted by Gasteiger charge is -2.15. The van der Waals surface area contributed by atoms with Crippen molar-refractivity contribution in [2.24, 2.45) is 0 Å². The minimum Gasteiger partial charge on any atom is -0.346 e. The van der Waals surface area contributed by atoms with Gasteiger partial charge < -0.3 is 10.6 Å². The molecular formula is C21H21ClN4O. The second-order valence-corrected chi connectivity index (χ2v) is 6.86. The van der Waals surface area contributed by atoms with Crippen molar-refractivity contribution in [2.75, 3.05) is 5.32 Å². The Morgan fingerprint density at radius 1 is 1.00 bits per heavy atom. The van der Waals surface area contributed by atoms with E-state index in [4.69, 9.17) is 11.6 Å². The molecule has 1 aromatic heterocycles. The van der Waals surface area contributed by atoms with E-state index >= 15 is 0 Å². The van der Waals surface area contributed by atoms with E-state index in [1.807, 2.05) is 63.2 Å². The van der Waals surface area contributed by atoms with Crippen LogP contribution in [0.25, 0.3) is 0 Å². The zero-order valence-electron chi connectivity index (χ0n) is 15.5. The molecule has 0 bridgehead atoms. The molecule has 3 aromatic rings. The Balaban J connectivity index is 1.72. The van der Waals surface area contributed by atoms with Gasteiger partial charge in [0.1, 0.15) is 0 Å². The summed E-state index contributed by atoms with van der Waals surface area (Å²) in [4.78, 5) is 21.3. The Morgan fingerprint density at radius 3 is 2.33 bits per heavy atom. The molecule has 138 valence electrons. The highest BCUT2D eigenvalue weighted by atomic mass is 35.5.